The third-order valence-corrected chi connectivity index (χ3v) is 1.75. The molecule has 0 spiro atoms. The summed E-state index contributed by atoms with van der Waals surface area (Å²) < 4.78 is 25.4. The fourth-order valence-electron chi connectivity index (χ4n) is 1.10. The monoisotopic (exact) mass is 207 g/mol. The second-order valence-electron chi connectivity index (χ2n) is 2.62. The molecule has 76 valence electrons. The van der Waals surface area contributed by atoms with Crippen LogP contribution in [0.5, 0.6) is 5.88 Å². The van der Waals surface area contributed by atoms with Gasteiger partial charge in [-0.25, -0.2) is 4.98 Å². The Hall–Kier alpha value is -2.24. The average Bonchev–Trinajstić information content (AvgIpc) is 2.80. The molecule has 2 aromatic heterocycles. The van der Waals surface area contributed by atoms with E-state index in [1.165, 1.54) is 29.5 Å². The Bertz CT molecular complexity index is 553. The van der Waals surface area contributed by atoms with Gasteiger partial charge in [-0.15, -0.1) is 4.80 Å². The Balaban J connectivity index is 2.38. The highest BCUT2D eigenvalue weighted by Crippen LogP contribution is 2.14. The van der Waals surface area contributed by atoms with E-state index in [9.17, 15) is 4.79 Å². The van der Waals surface area contributed by atoms with Crippen LogP contribution in [0.3, 0.4) is 0 Å². The standard InChI is InChI=1S/C9H8N4O2/c1-15-9-4-7(6-14)8(5-10-9)13-11-2-3-12-13/h2-6H,1H3/i1D3. The van der Waals surface area contributed by atoms with Gasteiger partial charge in [-0.2, -0.15) is 10.2 Å². The predicted octanol–water partition coefficient (Wildman–Crippen LogP) is 0.483. The lowest BCUT2D eigenvalue weighted by Gasteiger charge is -2.04. The maximum atomic E-state index is 10.9. The van der Waals surface area contributed by atoms with Crippen LogP contribution in [-0.2, 0) is 0 Å². The van der Waals surface area contributed by atoms with Crippen LogP contribution in [0.4, 0.5) is 0 Å². The Morgan fingerprint density at radius 2 is 2.33 bits per heavy atom. The molecule has 15 heavy (non-hydrogen) atoms. The molecule has 0 aliphatic heterocycles. The van der Waals surface area contributed by atoms with Crippen LogP contribution >= 0.6 is 0 Å². The predicted molar refractivity (Wildman–Crippen MR) is 51.1 cm³/mol. The Kier molecular flexibility index (Phi) is 1.62. The van der Waals surface area contributed by atoms with Gasteiger partial charge in [0.05, 0.1) is 29.7 Å². The van der Waals surface area contributed by atoms with Crippen LogP contribution in [0.2, 0.25) is 0 Å². The van der Waals surface area contributed by atoms with Gasteiger partial charge in [0.2, 0.25) is 5.88 Å². The first-order chi connectivity index (χ1) is 8.49. The molecule has 0 aromatic carbocycles. The third-order valence-electron chi connectivity index (χ3n) is 1.75. The molecule has 0 saturated heterocycles. The van der Waals surface area contributed by atoms with Crippen LogP contribution in [0, 0.1) is 0 Å². The largest absolute Gasteiger partial charge is 0.481 e. The molecule has 6 nitrogen and oxygen atoms in total. The first kappa shape index (κ1) is 6.28. The van der Waals surface area contributed by atoms with Gasteiger partial charge in [0.15, 0.2) is 6.29 Å². The van der Waals surface area contributed by atoms with Gasteiger partial charge in [-0.05, 0) is 0 Å². The van der Waals surface area contributed by atoms with Gasteiger partial charge in [0.1, 0.15) is 5.69 Å². The third kappa shape index (κ3) is 1.69. The van der Waals surface area contributed by atoms with E-state index in [2.05, 4.69) is 19.9 Å². The maximum Gasteiger partial charge on any atom is 0.213 e. The average molecular weight is 207 g/mol. The van der Waals surface area contributed by atoms with Crippen molar-refractivity contribution in [2.24, 2.45) is 0 Å². The van der Waals surface area contributed by atoms with E-state index in [0.717, 1.165) is 0 Å². The molecule has 6 heteroatoms. The highest BCUT2D eigenvalue weighted by molar-refractivity contribution is 5.80. The molecular formula is C9H8N4O2. The van der Waals surface area contributed by atoms with Crippen LogP contribution < -0.4 is 4.74 Å². The lowest BCUT2D eigenvalue weighted by molar-refractivity contribution is 0.112. The number of hydrogen-bond acceptors (Lipinski definition) is 5. The fourth-order valence-corrected chi connectivity index (χ4v) is 1.10. The number of nitrogens with zero attached hydrogens (tertiary/aromatic N) is 4. The van der Waals surface area contributed by atoms with Crippen molar-refractivity contribution in [3.8, 4) is 11.6 Å². The zero-order chi connectivity index (χ0) is 13.2. The Morgan fingerprint density at radius 1 is 1.53 bits per heavy atom. The highest BCUT2D eigenvalue weighted by atomic mass is 16.5. The van der Waals surface area contributed by atoms with E-state index < -0.39 is 7.04 Å². The molecule has 0 fully saturated rings. The van der Waals surface area contributed by atoms with Gasteiger partial charge in [0.25, 0.3) is 0 Å². The first-order valence-corrected chi connectivity index (χ1v) is 4.00. The van der Waals surface area contributed by atoms with Crippen molar-refractivity contribution in [2.45, 2.75) is 0 Å². The molecule has 0 aliphatic carbocycles. The summed E-state index contributed by atoms with van der Waals surface area (Å²) in [5.41, 5.74) is 0.522. The normalized spacial score (nSPS) is 13.7. The molecule has 2 rings (SSSR count). The summed E-state index contributed by atoms with van der Waals surface area (Å²) in [5, 5.41) is 7.71. The first-order valence-electron chi connectivity index (χ1n) is 5.50. The minimum atomic E-state index is -2.61. The van der Waals surface area contributed by atoms with Crippen LogP contribution in [0.15, 0.2) is 24.7 Å². The van der Waals surface area contributed by atoms with E-state index in [-0.39, 0.29) is 11.4 Å². The summed E-state index contributed by atoms with van der Waals surface area (Å²) in [6.07, 6.45) is 4.71. The zero-order valence-corrected chi connectivity index (χ0v) is 7.49. The summed E-state index contributed by atoms with van der Waals surface area (Å²) in [5.74, 6) is -0.159. The van der Waals surface area contributed by atoms with Gasteiger partial charge in [0, 0.05) is 11.6 Å². The van der Waals surface area contributed by atoms with Crippen molar-refractivity contribution in [2.75, 3.05) is 7.04 Å². The van der Waals surface area contributed by atoms with Crippen LogP contribution in [-0.4, -0.2) is 33.3 Å². The van der Waals surface area contributed by atoms with Crippen LogP contribution in [0.25, 0.3) is 5.69 Å². The zero-order valence-electron chi connectivity index (χ0n) is 10.5. The number of pyridine rings is 1. The van der Waals surface area contributed by atoms with Crippen molar-refractivity contribution in [1.29, 1.82) is 0 Å². The molecule has 0 amide bonds. The number of aldehydes is 1. The summed E-state index contributed by atoms with van der Waals surface area (Å²) in [6, 6.07) is 1.22. The molecule has 0 saturated carbocycles. The number of carbonyl (C=O) groups is 1. The van der Waals surface area contributed by atoms with Crippen molar-refractivity contribution >= 4 is 6.29 Å². The highest BCUT2D eigenvalue weighted by Gasteiger charge is 2.07. The second kappa shape index (κ2) is 3.87. The van der Waals surface area contributed by atoms with E-state index in [4.69, 9.17) is 4.11 Å². The molecular weight excluding hydrogens is 196 g/mol. The van der Waals surface area contributed by atoms with Crippen molar-refractivity contribution < 1.29 is 13.6 Å². The molecule has 0 bridgehead atoms. The minimum Gasteiger partial charge on any atom is -0.481 e. The quantitative estimate of drug-likeness (QED) is 0.685. The molecule has 2 aromatic rings. The molecule has 0 atom stereocenters. The minimum absolute atomic E-state index is 0.159. The summed E-state index contributed by atoms with van der Waals surface area (Å²) in [6.45, 7) is 0. The number of ether oxygens (including phenoxy) is 1. The molecule has 0 N–H and O–H groups in total. The van der Waals surface area contributed by atoms with Crippen molar-refractivity contribution in [3.05, 3.63) is 30.2 Å². The van der Waals surface area contributed by atoms with Gasteiger partial charge in [-0.1, -0.05) is 0 Å². The lowest BCUT2D eigenvalue weighted by Crippen LogP contribution is -2.04. The SMILES string of the molecule is [2H]C([2H])([2H])Oc1cc(C=O)c(-n2nccn2)cn1. The molecule has 0 aliphatic rings. The van der Waals surface area contributed by atoms with Crippen molar-refractivity contribution in [3.63, 3.8) is 0 Å². The second-order valence-corrected chi connectivity index (χ2v) is 2.62. The van der Waals surface area contributed by atoms with E-state index in [1.807, 2.05) is 0 Å². The van der Waals surface area contributed by atoms with Gasteiger partial charge >= 0.3 is 0 Å². The summed E-state index contributed by atoms with van der Waals surface area (Å²) in [7, 11) is -2.61. The number of aromatic nitrogens is 4. The van der Waals surface area contributed by atoms with Gasteiger partial charge in [-0.3, -0.25) is 4.79 Å². The number of carbonyl (C=O) groups excluding carboxylic acids is 1. The fraction of sp³-hybridized carbons (Fsp3) is 0.111. The van der Waals surface area contributed by atoms with E-state index in [0.29, 0.717) is 12.0 Å². The van der Waals surface area contributed by atoms with Gasteiger partial charge < -0.3 is 4.74 Å². The van der Waals surface area contributed by atoms with E-state index in [1.54, 1.807) is 0 Å². The Labute approximate surface area is 89.7 Å². The Morgan fingerprint density at radius 3 is 3.00 bits per heavy atom. The summed E-state index contributed by atoms with van der Waals surface area (Å²) in [4.78, 5) is 15.9. The van der Waals surface area contributed by atoms with Crippen LogP contribution in [0.1, 0.15) is 14.5 Å². The molecule has 2 heterocycles. The number of methoxy groups -OCH3 is 1. The van der Waals surface area contributed by atoms with E-state index >= 15 is 0 Å². The van der Waals surface area contributed by atoms with Crippen molar-refractivity contribution in [1.82, 2.24) is 20.0 Å². The molecule has 0 radical (unpaired) electrons. The summed E-state index contributed by atoms with van der Waals surface area (Å²) >= 11 is 0. The molecule has 0 unspecified atom stereocenters. The topological polar surface area (TPSA) is 69.9 Å². The number of hydrogen-bond donors (Lipinski definition) is 0. The smallest absolute Gasteiger partial charge is 0.213 e. The maximum absolute atomic E-state index is 10.9. The lowest BCUT2D eigenvalue weighted by atomic mass is 10.2. The number of rotatable bonds is 3.